The number of carbonyl (C=O) groups is 1. The number of H-pyrrole nitrogens is 1. The highest BCUT2D eigenvalue weighted by atomic mass is 19.1. The van der Waals surface area contributed by atoms with Crippen molar-refractivity contribution in [1.82, 2.24) is 9.97 Å². The molecule has 0 atom stereocenters. The number of methoxy groups -OCH3 is 2. The molecule has 3 aromatic rings. The van der Waals surface area contributed by atoms with E-state index >= 15 is 0 Å². The number of halogens is 1. The van der Waals surface area contributed by atoms with Crippen LogP contribution in [0, 0.1) is 17.1 Å². The number of benzene rings is 1. The number of aromatic amines is 1. The maximum atomic E-state index is 14.4. The van der Waals surface area contributed by atoms with Crippen molar-refractivity contribution in [3.05, 3.63) is 41.3 Å². The number of rotatable bonds is 4. The van der Waals surface area contributed by atoms with Crippen LogP contribution in [0.4, 0.5) is 4.39 Å². The van der Waals surface area contributed by atoms with Gasteiger partial charge in [-0.25, -0.2) is 9.37 Å². The third-order valence-electron chi connectivity index (χ3n) is 3.72. The fraction of sp³-hybridized carbons (Fsp3) is 0.118. The van der Waals surface area contributed by atoms with Gasteiger partial charge in [0.2, 0.25) is 5.88 Å². The first-order valence-corrected chi connectivity index (χ1v) is 6.93. The Morgan fingerprint density at radius 3 is 2.75 bits per heavy atom. The van der Waals surface area contributed by atoms with Crippen LogP contribution >= 0.6 is 0 Å². The Hall–Kier alpha value is -3.40. The highest BCUT2D eigenvalue weighted by molar-refractivity contribution is 6.03. The van der Waals surface area contributed by atoms with E-state index in [-0.39, 0.29) is 34.0 Å². The molecule has 0 aliphatic rings. The Kier molecular flexibility index (Phi) is 3.88. The van der Waals surface area contributed by atoms with Crippen LogP contribution in [0.1, 0.15) is 15.9 Å². The molecule has 0 saturated heterocycles. The number of hydrogen-bond donors (Lipinski definition) is 1. The first-order valence-electron chi connectivity index (χ1n) is 6.93. The number of nitrogens with one attached hydrogen (secondary N) is 1. The fourth-order valence-electron chi connectivity index (χ4n) is 2.65. The molecular formula is C17H12FN3O3. The van der Waals surface area contributed by atoms with Crippen LogP contribution in [0.2, 0.25) is 0 Å². The predicted molar refractivity (Wildman–Crippen MR) is 84.7 cm³/mol. The molecule has 1 aromatic carbocycles. The molecule has 7 heteroatoms. The zero-order valence-electron chi connectivity index (χ0n) is 12.9. The van der Waals surface area contributed by atoms with E-state index in [2.05, 4.69) is 9.97 Å². The van der Waals surface area contributed by atoms with Crippen molar-refractivity contribution in [2.24, 2.45) is 0 Å². The number of aldehydes is 1. The quantitative estimate of drug-likeness (QED) is 0.745. The van der Waals surface area contributed by atoms with Gasteiger partial charge in [0, 0.05) is 11.6 Å². The van der Waals surface area contributed by atoms with Crippen molar-refractivity contribution < 1.29 is 18.7 Å². The molecule has 120 valence electrons. The summed E-state index contributed by atoms with van der Waals surface area (Å²) >= 11 is 0. The second-order valence-corrected chi connectivity index (χ2v) is 4.89. The third-order valence-corrected chi connectivity index (χ3v) is 3.72. The zero-order chi connectivity index (χ0) is 17.3. The maximum absolute atomic E-state index is 14.4. The third kappa shape index (κ3) is 2.16. The van der Waals surface area contributed by atoms with Crippen molar-refractivity contribution >= 4 is 17.2 Å². The van der Waals surface area contributed by atoms with Crippen LogP contribution in [0.5, 0.6) is 11.6 Å². The molecule has 6 nitrogen and oxygen atoms in total. The molecule has 0 amide bonds. The molecule has 2 aromatic heterocycles. The van der Waals surface area contributed by atoms with E-state index < -0.39 is 5.82 Å². The normalized spacial score (nSPS) is 10.4. The summed E-state index contributed by atoms with van der Waals surface area (Å²) in [4.78, 5) is 18.4. The van der Waals surface area contributed by atoms with Crippen LogP contribution < -0.4 is 9.47 Å². The molecular weight excluding hydrogens is 313 g/mol. The number of pyridine rings is 1. The van der Waals surface area contributed by atoms with Gasteiger partial charge in [-0.3, -0.25) is 4.79 Å². The van der Waals surface area contributed by atoms with Crippen LogP contribution in [0.3, 0.4) is 0 Å². The highest BCUT2D eigenvalue weighted by Crippen LogP contribution is 2.38. The number of aromatic nitrogens is 2. The minimum absolute atomic E-state index is 0.114. The Bertz CT molecular complexity index is 989. The van der Waals surface area contributed by atoms with Crippen molar-refractivity contribution in [3.8, 4) is 29.0 Å². The lowest BCUT2D eigenvalue weighted by Crippen LogP contribution is -1.95. The molecule has 3 rings (SSSR count). The minimum Gasteiger partial charge on any atom is -0.496 e. The van der Waals surface area contributed by atoms with Gasteiger partial charge in [-0.15, -0.1) is 0 Å². The first kappa shape index (κ1) is 15.5. The predicted octanol–water partition coefficient (Wildman–Crippen LogP) is 3.07. The Morgan fingerprint density at radius 2 is 2.12 bits per heavy atom. The number of carbonyl (C=O) groups excluding carboxylic acids is 1. The molecule has 0 unspecified atom stereocenters. The van der Waals surface area contributed by atoms with Gasteiger partial charge in [0.15, 0.2) is 6.29 Å². The van der Waals surface area contributed by atoms with Crippen molar-refractivity contribution in [3.63, 3.8) is 0 Å². The molecule has 0 radical (unpaired) electrons. The Labute approximate surface area is 136 Å². The second-order valence-electron chi connectivity index (χ2n) is 4.89. The number of hydrogen-bond acceptors (Lipinski definition) is 5. The van der Waals surface area contributed by atoms with E-state index in [0.29, 0.717) is 17.2 Å². The van der Waals surface area contributed by atoms with Gasteiger partial charge in [-0.1, -0.05) is 6.07 Å². The highest BCUT2D eigenvalue weighted by Gasteiger charge is 2.22. The van der Waals surface area contributed by atoms with Gasteiger partial charge >= 0.3 is 0 Å². The van der Waals surface area contributed by atoms with Gasteiger partial charge in [-0.05, 0) is 12.1 Å². The Balaban J connectivity index is 2.43. The van der Waals surface area contributed by atoms with Gasteiger partial charge in [0.05, 0.1) is 36.6 Å². The number of ether oxygens (including phenoxy) is 2. The van der Waals surface area contributed by atoms with E-state index in [1.165, 1.54) is 32.5 Å². The molecule has 0 fully saturated rings. The largest absolute Gasteiger partial charge is 0.496 e. The fourth-order valence-corrected chi connectivity index (χ4v) is 2.65. The maximum Gasteiger partial charge on any atom is 0.225 e. The summed E-state index contributed by atoms with van der Waals surface area (Å²) in [5.74, 6) is -0.161. The summed E-state index contributed by atoms with van der Waals surface area (Å²) in [5.41, 5.74) is 1.03. The lowest BCUT2D eigenvalue weighted by molar-refractivity contribution is 0.112. The number of nitriles is 1. The van der Waals surface area contributed by atoms with Crippen molar-refractivity contribution in [2.75, 3.05) is 14.2 Å². The number of fused-ring (bicyclic) bond motifs is 1. The first-order chi connectivity index (χ1) is 11.7. The summed E-state index contributed by atoms with van der Waals surface area (Å²) < 4.78 is 24.6. The smallest absolute Gasteiger partial charge is 0.225 e. The van der Waals surface area contributed by atoms with Crippen LogP contribution in [0.15, 0.2) is 24.4 Å². The van der Waals surface area contributed by atoms with Crippen LogP contribution in [0.25, 0.3) is 22.2 Å². The minimum atomic E-state index is -0.551. The molecule has 0 aliphatic carbocycles. The lowest BCUT2D eigenvalue weighted by Gasteiger charge is -2.08. The standard InChI is InChI=1S/C17H12FN3O3/c1-23-13-5-3-4-12(18)14(13)16-9(6-19)10-7-20-17(24-2)11(8-22)15(10)21-16/h3-5,7-8,21H,1-2H3. The summed E-state index contributed by atoms with van der Waals surface area (Å²) in [5, 5.41) is 9.93. The SMILES string of the molecule is COc1cccc(F)c1-c1[nH]c2c(C=O)c(OC)ncc2c1C#N. The zero-order valence-corrected chi connectivity index (χ0v) is 12.9. The van der Waals surface area contributed by atoms with E-state index in [0.717, 1.165) is 0 Å². The van der Waals surface area contributed by atoms with Gasteiger partial charge in [0.25, 0.3) is 0 Å². The molecule has 2 heterocycles. The van der Waals surface area contributed by atoms with E-state index in [4.69, 9.17) is 9.47 Å². The summed E-state index contributed by atoms with van der Waals surface area (Å²) in [6.45, 7) is 0. The van der Waals surface area contributed by atoms with Crippen LogP contribution in [-0.2, 0) is 0 Å². The molecule has 1 N–H and O–H groups in total. The lowest BCUT2D eigenvalue weighted by atomic mass is 10.0. The molecule has 0 bridgehead atoms. The molecule has 0 saturated carbocycles. The van der Waals surface area contributed by atoms with Crippen molar-refractivity contribution in [1.29, 1.82) is 5.26 Å². The van der Waals surface area contributed by atoms with Gasteiger partial charge in [0.1, 0.15) is 23.2 Å². The van der Waals surface area contributed by atoms with Gasteiger partial charge in [-0.2, -0.15) is 5.26 Å². The van der Waals surface area contributed by atoms with E-state index in [1.807, 2.05) is 6.07 Å². The van der Waals surface area contributed by atoms with Gasteiger partial charge < -0.3 is 14.5 Å². The van der Waals surface area contributed by atoms with E-state index in [1.54, 1.807) is 6.07 Å². The summed E-state index contributed by atoms with van der Waals surface area (Å²) in [6, 6.07) is 6.40. The second kappa shape index (κ2) is 6.01. The monoisotopic (exact) mass is 325 g/mol. The van der Waals surface area contributed by atoms with Crippen LogP contribution in [-0.4, -0.2) is 30.5 Å². The topological polar surface area (TPSA) is 88.0 Å². The average Bonchev–Trinajstić information content (AvgIpc) is 2.98. The molecule has 0 spiro atoms. The van der Waals surface area contributed by atoms with Crippen molar-refractivity contribution in [2.45, 2.75) is 0 Å². The summed E-state index contributed by atoms with van der Waals surface area (Å²) in [7, 11) is 2.80. The number of nitrogens with zero attached hydrogens (tertiary/aromatic N) is 2. The molecule has 0 aliphatic heterocycles. The Morgan fingerprint density at radius 1 is 1.33 bits per heavy atom. The van der Waals surface area contributed by atoms with E-state index in [9.17, 15) is 14.4 Å². The summed E-state index contributed by atoms with van der Waals surface area (Å²) in [6.07, 6.45) is 1.99. The molecule has 24 heavy (non-hydrogen) atoms. The average molecular weight is 325 g/mol.